The molecule has 108 valence electrons. The molecule has 1 rings (SSSR count). The van der Waals surface area contributed by atoms with Crippen molar-refractivity contribution < 1.29 is 17.9 Å². The van der Waals surface area contributed by atoms with E-state index >= 15 is 0 Å². The van der Waals surface area contributed by atoms with Crippen LogP contribution in [-0.4, -0.2) is 31.3 Å². The Morgan fingerprint density at radius 1 is 1.32 bits per heavy atom. The minimum atomic E-state index is -4.39. The number of nitrogens with one attached hydrogen (secondary N) is 2. The van der Waals surface area contributed by atoms with Crippen LogP contribution in [0.5, 0.6) is 0 Å². The first-order valence-electron chi connectivity index (χ1n) is 5.98. The largest absolute Gasteiger partial charge is 0.416 e. The van der Waals surface area contributed by atoms with Crippen LogP contribution >= 0.6 is 0 Å². The summed E-state index contributed by atoms with van der Waals surface area (Å²) in [6, 6.07) is 1.84. The van der Waals surface area contributed by atoms with E-state index in [0.717, 1.165) is 12.1 Å². The van der Waals surface area contributed by atoms with Crippen LogP contribution < -0.4 is 10.6 Å². The summed E-state index contributed by atoms with van der Waals surface area (Å²) in [5, 5.41) is 5.50. The van der Waals surface area contributed by atoms with Crippen molar-refractivity contribution in [1.82, 2.24) is 4.98 Å². The van der Waals surface area contributed by atoms with Crippen molar-refractivity contribution in [3.05, 3.63) is 17.7 Å². The Kier molecular flexibility index (Phi) is 5.41. The minimum absolute atomic E-state index is 0.124. The van der Waals surface area contributed by atoms with Crippen molar-refractivity contribution in [2.45, 2.75) is 26.1 Å². The fourth-order valence-electron chi connectivity index (χ4n) is 1.48. The van der Waals surface area contributed by atoms with Gasteiger partial charge in [-0.15, -0.1) is 0 Å². The van der Waals surface area contributed by atoms with Gasteiger partial charge in [0, 0.05) is 19.7 Å². The lowest BCUT2D eigenvalue weighted by atomic mass is 10.2. The highest BCUT2D eigenvalue weighted by atomic mass is 19.4. The molecule has 1 heterocycles. The molecule has 7 heteroatoms. The predicted molar refractivity (Wildman–Crippen MR) is 68.4 cm³/mol. The highest BCUT2D eigenvalue weighted by Gasteiger charge is 2.31. The first kappa shape index (κ1) is 15.6. The van der Waals surface area contributed by atoms with Crippen LogP contribution in [0.4, 0.5) is 24.8 Å². The van der Waals surface area contributed by atoms with E-state index in [4.69, 9.17) is 4.74 Å². The van der Waals surface area contributed by atoms with Crippen molar-refractivity contribution >= 4 is 11.6 Å². The standard InChI is InChI=1S/C12H18F3N3O/c1-4-19-7-8(2)17-11-6-9(12(13,14)15)5-10(16-3)18-11/h5-6,8H,4,7H2,1-3H3,(H2,16,17,18). The molecule has 0 aliphatic heterocycles. The number of aromatic nitrogens is 1. The van der Waals surface area contributed by atoms with Gasteiger partial charge in [0.15, 0.2) is 0 Å². The lowest BCUT2D eigenvalue weighted by Gasteiger charge is -2.16. The molecule has 1 aromatic rings. The molecule has 0 spiro atoms. The number of hydrogen-bond acceptors (Lipinski definition) is 4. The zero-order valence-corrected chi connectivity index (χ0v) is 11.1. The van der Waals surface area contributed by atoms with Gasteiger partial charge in [-0.25, -0.2) is 4.98 Å². The van der Waals surface area contributed by atoms with Crippen LogP contribution in [0.2, 0.25) is 0 Å². The molecule has 0 fully saturated rings. The van der Waals surface area contributed by atoms with E-state index < -0.39 is 11.7 Å². The number of rotatable bonds is 6. The van der Waals surface area contributed by atoms with Gasteiger partial charge in [0.1, 0.15) is 11.6 Å². The zero-order chi connectivity index (χ0) is 14.5. The monoisotopic (exact) mass is 277 g/mol. The molecule has 1 unspecified atom stereocenters. The molecule has 2 N–H and O–H groups in total. The van der Waals surface area contributed by atoms with E-state index in [1.807, 2.05) is 13.8 Å². The van der Waals surface area contributed by atoms with E-state index in [9.17, 15) is 13.2 Å². The SMILES string of the molecule is CCOCC(C)Nc1cc(C(F)(F)F)cc(NC)n1. The number of hydrogen-bond donors (Lipinski definition) is 2. The highest BCUT2D eigenvalue weighted by Crippen LogP contribution is 2.32. The number of ether oxygens (including phenoxy) is 1. The van der Waals surface area contributed by atoms with Crippen molar-refractivity contribution in [3.8, 4) is 0 Å². The molecule has 0 radical (unpaired) electrons. The molecule has 1 aromatic heterocycles. The lowest BCUT2D eigenvalue weighted by molar-refractivity contribution is -0.137. The maximum Gasteiger partial charge on any atom is 0.416 e. The zero-order valence-electron chi connectivity index (χ0n) is 11.1. The van der Waals surface area contributed by atoms with Crippen molar-refractivity contribution in [1.29, 1.82) is 0 Å². The Morgan fingerprint density at radius 3 is 2.47 bits per heavy atom. The van der Waals surface area contributed by atoms with Crippen LogP contribution in [0.1, 0.15) is 19.4 Å². The van der Waals surface area contributed by atoms with Crippen molar-refractivity contribution in [3.63, 3.8) is 0 Å². The average Bonchev–Trinajstić information content (AvgIpc) is 2.34. The van der Waals surface area contributed by atoms with Crippen molar-refractivity contribution in [2.75, 3.05) is 30.9 Å². The summed E-state index contributed by atoms with van der Waals surface area (Å²) in [6.07, 6.45) is -4.39. The fourth-order valence-corrected chi connectivity index (χ4v) is 1.48. The van der Waals surface area contributed by atoms with Gasteiger partial charge in [0.05, 0.1) is 12.2 Å². The van der Waals surface area contributed by atoms with Crippen molar-refractivity contribution in [2.24, 2.45) is 0 Å². The Balaban J connectivity index is 2.88. The quantitative estimate of drug-likeness (QED) is 0.839. The molecule has 0 aliphatic carbocycles. The van der Waals surface area contributed by atoms with Crippen LogP contribution in [0, 0.1) is 0 Å². The van der Waals surface area contributed by atoms with Gasteiger partial charge >= 0.3 is 6.18 Å². The topological polar surface area (TPSA) is 46.2 Å². The number of nitrogens with zero attached hydrogens (tertiary/aromatic N) is 1. The number of pyridine rings is 1. The summed E-state index contributed by atoms with van der Waals surface area (Å²) in [6.45, 7) is 4.64. The van der Waals surface area contributed by atoms with Gasteiger partial charge in [-0.2, -0.15) is 13.2 Å². The maximum absolute atomic E-state index is 12.7. The number of anilines is 2. The number of alkyl halides is 3. The normalized spacial score (nSPS) is 13.2. The Labute approximate surface area is 110 Å². The second-order valence-electron chi connectivity index (χ2n) is 4.08. The molecule has 19 heavy (non-hydrogen) atoms. The van der Waals surface area contributed by atoms with E-state index in [2.05, 4.69) is 15.6 Å². The highest BCUT2D eigenvalue weighted by molar-refractivity contribution is 5.49. The maximum atomic E-state index is 12.7. The molecular formula is C12H18F3N3O. The van der Waals surface area contributed by atoms with Gasteiger partial charge in [-0.1, -0.05) is 0 Å². The molecule has 0 bridgehead atoms. The summed E-state index contributed by atoms with van der Waals surface area (Å²) in [4.78, 5) is 4.04. The van der Waals surface area contributed by atoms with E-state index in [1.165, 1.54) is 7.05 Å². The Morgan fingerprint density at radius 2 is 1.95 bits per heavy atom. The summed E-state index contributed by atoms with van der Waals surface area (Å²) < 4.78 is 43.3. The van der Waals surface area contributed by atoms with Crippen LogP contribution in [-0.2, 0) is 10.9 Å². The molecule has 0 aromatic carbocycles. The second-order valence-corrected chi connectivity index (χ2v) is 4.08. The minimum Gasteiger partial charge on any atom is -0.380 e. The van der Waals surface area contributed by atoms with Crippen LogP contribution in [0.3, 0.4) is 0 Å². The predicted octanol–water partition coefficient (Wildman–Crippen LogP) is 2.98. The van der Waals surface area contributed by atoms with Crippen LogP contribution in [0.25, 0.3) is 0 Å². The van der Waals surface area contributed by atoms with E-state index in [-0.39, 0.29) is 17.7 Å². The summed E-state index contributed by atoms with van der Waals surface area (Å²) >= 11 is 0. The summed E-state index contributed by atoms with van der Waals surface area (Å²) in [5.41, 5.74) is -0.738. The van der Waals surface area contributed by atoms with Gasteiger partial charge < -0.3 is 15.4 Å². The van der Waals surface area contributed by atoms with E-state index in [1.54, 1.807) is 0 Å². The van der Waals surface area contributed by atoms with Gasteiger partial charge in [0.25, 0.3) is 0 Å². The smallest absolute Gasteiger partial charge is 0.380 e. The summed E-state index contributed by atoms with van der Waals surface area (Å²) in [5.74, 6) is 0.340. The molecule has 1 atom stereocenters. The second kappa shape index (κ2) is 6.60. The summed E-state index contributed by atoms with van der Waals surface area (Å²) in [7, 11) is 1.52. The first-order chi connectivity index (χ1) is 8.86. The van der Waals surface area contributed by atoms with Gasteiger partial charge in [-0.3, -0.25) is 0 Å². The van der Waals surface area contributed by atoms with Gasteiger partial charge in [0.2, 0.25) is 0 Å². The molecule has 0 aliphatic rings. The molecule has 4 nitrogen and oxygen atoms in total. The third-order valence-corrected chi connectivity index (χ3v) is 2.38. The molecule has 0 saturated carbocycles. The van der Waals surface area contributed by atoms with E-state index in [0.29, 0.717) is 13.2 Å². The fraction of sp³-hybridized carbons (Fsp3) is 0.583. The molecule has 0 saturated heterocycles. The Hall–Kier alpha value is -1.50. The van der Waals surface area contributed by atoms with Crippen LogP contribution in [0.15, 0.2) is 12.1 Å². The first-order valence-corrected chi connectivity index (χ1v) is 5.98. The lowest BCUT2D eigenvalue weighted by Crippen LogP contribution is -2.23. The molecule has 0 amide bonds. The Bertz CT molecular complexity index is 410. The third kappa shape index (κ3) is 4.94. The number of halogens is 3. The molecular weight excluding hydrogens is 259 g/mol. The van der Waals surface area contributed by atoms with Gasteiger partial charge in [-0.05, 0) is 26.0 Å². The average molecular weight is 277 g/mol. The third-order valence-electron chi connectivity index (χ3n) is 2.38.